The van der Waals surface area contributed by atoms with Gasteiger partial charge < -0.3 is 20.3 Å². The summed E-state index contributed by atoms with van der Waals surface area (Å²) in [7, 11) is -4.15. The largest absolute Gasteiger partial charge is 0.444 e. The van der Waals surface area contributed by atoms with Gasteiger partial charge in [0.15, 0.2) is 0 Å². The van der Waals surface area contributed by atoms with Crippen LogP contribution in [0, 0.1) is 12.7 Å². The summed E-state index contributed by atoms with van der Waals surface area (Å²) in [4.78, 5) is 12.6. The predicted molar refractivity (Wildman–Crippen MR) is 154 cm³/mol. The van der Waals surface area contributed by atoms with Crippen molar-refractivity contribution in [1.29, 1.82) is 0 Å². The second-order valence-electron chi connectivity index (χ2n) is 11.4. The maximum atomic E-state index is 14.8. The Morgan fingerprint density at radius 1 is 1.12 bits per heavy atom. The Bertz CT molecular complexity index is 1740. The van der Waals surface area contributed by atoms with Crippen LogP contribution < -0.4 is 5.32 Å². The van der Waals surface area contributed by atoms with Crippen molar-refractivity contribution in [3.63, 3.8) is 0 Å². The molecular formula is C31H33FN2O6S. The fourth-order valence-corrected chi connectivity index (χ4v) is 6.84. The zero-order chi connectivity index (χ0) is 29.7. The lowest BCUT2D eigenvalue weighted by atomic mass is 10.0. The van der Waals surface area contributed by atoms with E-state index in [1.807, 2.05) is 13.0 Å². The van der Waals surface area contributed by atoms with Crippen LogP contribution in [0.1, 0.15) is 61.6 Å². The highest BCUT2D eigenvalue weighted by atomic mass is 32.2. The molecule has 0 aliphatic heterocycles. The van der Waals surface area contributed by atoms with Gasteiger partial charge >= 0.3 is 6.09 Å². The lowest BCUT2D eigenvalue weighted by Gasteiger charge is -2.22. The van der Waals surface area contributed by atoms with Gasteiger partial charge in [-0.15, -0.1) is 0 Å². The fourth-order valence-electron chi connectivity index (χ4n) is 5.32. The van der Waals surface area contributed by atoms with Gasteiger partial charge in [0.1, 0.15) is 17.5 Å². The van der Waals surface area contributed by atoms with E-state index in [9.17, 15) is 27.8 Å². The highest BCUT2D eigenvalue weighted by molar-refractivity contribution is 7.90. The number of aliphatic hydroxyl groups is 2. The fraction of sp³-hybridized carbons (Fsp3) is 0.323. The van der Waals surface area contributed by atoms with E-state index >= 15 is 0 Å². The van der Waals surface area contributed by atoms with Gasteiger partial charge in [0.05, 0.1) is 28.8 Å². The average Bonchev–Trinajstić information content (AvgIpc) is 3.49. The smallest absolute Gasteiger partial charge is 0.408 e. The Labute approximate surface area is 238 Å². The van der Waals surface area contributed by atoms with Crippen LogP contribution in [0.25, 0.3) is 22.2 Å². The topological polar surface area (TPSA) is 118 Å². The molecule has 1 heterocycles. The Kier molecular flexibility index (Phi) is 7.44. The molecule has 0 saturated carbocycles. The highest BCUT2D eigenvalue weighted by Crippen LogP contribution is 2.41. The van der Waals surface area contributed by atoms with E-state index in [2.05, 4.69) is 5.32 Å². The number of alkyl carbamates (subject to hydrolysis) is 1. The number of aryl methyl sites for hydroxylation is 2. The number of hydrogen-bond donors (Lipinski definition) is 3. The molecule has 2 atom stereocenters. The normalized spacial score (nSPS) is 16.0. The van der Waals surface area contributed by atoms with E-state index in [0.717, 1.165) is 22.8 Å². The summed E-state index contributed by atoms with van der Waals surface area (Å²) in [5, 5.41) is 23.2. The summed E-state index contributed by atoms with van der Waals surface area (Å²) in [5.41, 5.74) is 2.96. The average molecular weight is 581 g/mol. The highest BCUT2D eigenvalue weighted by Gasteiger charge is 2.31. The molecule has 1 amide bonds. The molecule has 0 bridgehead atoms. The molecule has 1 aromatic heterocycles. The third kappa shape index (κ3) is 5.59. The molecule has 0 fully saturated rings. The number of aliphatic hydroxyl groups excluding tert-OH is 2. The molecular weight excluding hydrogens is 547 g/mol. The van der Waals surface area contributed by atoms with E-state index in [1.54, 1.807) is 45.0 Å². The lowest BCUT2D eigenvalue weighted by molar-refractivity contribution is 0.0503. The van der Waals surface area contributed by atoms with Crippen LogP contribution >= 0.6 is 0 Å². The van der Waals surface area contributed by atoms with Gasteiger partial charge in [-0.1, -0.05) is 23.8 Å². The maximum Gasteiger partial charge on any atom is 0.408 e. The van der Waals surface area contributed by atoms with Gasteiger partial charge in [0.25, 0.3) is 10.0 Å². The molecule has 5 rings (SSSR count). The number of amides is 1. The van der Waals surface area contributed by atoms with E-state index < -0.39 is 40.2 Å². The van der Waals surface area contributed by atoms with E-state index in [1.165, 1.54) is 28.2 Å². The lowest BCUT2D eigenvalue weighted by Crippen LogP contribution is -2.34. The van der Waals surface area contributed by atoms with Crippen molar-refractivity contribution in [2.75, 3.05) is 6.61 Å². The zero-order valence-electron chi connectivity index (χ0n) is 23.3. The molecule has 10 heteroatoms. The first-order valence-corrected chi connectivity index (χ1v) is 14.8. The summed E-state index contributed by atoms with van der Waals surface area (Å²) < 4.78 is 49.6. The Morgan fingerprint density at radius 2 is 1.83 bits per heavy atom. The summed E-state index contributed by atoms with van der Waals surface area (Å²) in [5.74, 6) is -0.679. The van der Waals surface area contributed by atoms with Crippen molar-refractivity contribution in [2.45, 2.75) is 63.2 Å². The second kappa shape index (κ2) is 10.6. The number of nitrogens with one attached hydrogen (secondary N) is 1. The van der Waals surface area contributed by atoms with Crippen LogP contribution in [0.5, 0.6) is 0 Å². The number of rotatable bonds is 6. The van der Waals surface area contributed by atoms with E-state index in [4.69, 9.17) is 4.74 Å². The van der Waals surface area contributed by atoms with Gasteiger partial charge in [-0.2, -0.15) is 0 Å². The molecule has 3 N–H and O–H groups in total. The van der Waals surface area contributed by atoms with Crippen molar-refractivity contribution < 1.29 is 32.6 Å². The number of carbonyl (C=O) groups is 1. The molecule has 3 aromatic carbocycles. The number of carbonyl (C=O) groups excluding carboxylic acids is 1. The minimum Gasteiger partial charge on any atom is -0.444 e. The van der Waals surface area contributed by atoms with Gasteiger partial charge in [0.2, 0.25) is 0 Å². The molecule has 1 aliphatic carbocycles. The van der Waals surface area contributed by atoms with Crippen LogP contribution in [0.15, 0.2) is 65.6 Å². The second-order valence-corrected chi connectivity index (χ2v) is 13.2. The first-order chi connectivity index (χ1) is 19.3. The number of hydrogen-bond acceptors (Lipinski definition) is 6. The number of benzene rings is 3. The van der Waals surface area contributed by atoms with Crippen molar-refractivity contribution in [2.24, 2.45) is 0 Å². The van der Waals surface area contributed by atoms with Gasteiger partial charge in [-0.25, -0.2) is 21.6 Å². The standard InChI is InChI=1S/C31H33FN2O6S/c1-18-5-7-22(8-6-18)41(38,39)34-27-12-10-24-23(9-11-26(24)33-30(37)40-31(2,3)4)25(27)16-28(34)19-13-20(29(36)17-35)15-21(32)14-19/h5-8,10,12-16,26,29,35-36H,9,11,17H2,1-4H3,(H,33,37)/t26-,29?/m1/s1. The Morgan fingerprint density at radius 3 is 2.49 bits per heavy atom. The molecule has 1 unspecified atom stereocenters. The summed E-state index contributed by atoms with van der Waals surface area (Å²) in [6, 6.07) is 15.2. The molecule has 216 valence electrons. The number of fused-ring (bicyclic) bond motifs is 3. The SMILES string of the molecule is Cc1ccc(S(=O)(=O)n2c(-c3cc(F)cc(C(O)CO)c3)cc3c4c(ccc32)[C@H](NC(=O)OC(C)(C)C)CC4)cc1. The Balaban J connectivity index is 1.70. The van der Waals surface area contributed by atoms with Crippen molar-refractivity contribution in [1.82, 2.24) is 9.29 Å². The minimum atomic E-state index is -4.15. The van der Waals surface area contributed by atoms with E-state index in [-0.39, 0.29) is 27.8 Å². The van der Waals surface area contributed by atoms with Crippen LogP contribution in [0.4, 0.5) is 9.18 Å². The van der Waals surface area contributed by atoms with Gasteiger partial charge in [-0.3, -0.25) is 0 Å². The van der Waals surface area contributed by atoms with Crippen LogP contribution in [0.2, 0.25) is 0 Å². The van der Waals surface area contributed by atoms with Crippen molar-refractivity contribution in [3.05, 3.63) is 88.7 Å². The summed E-state index contributed by atoms with van der Waals surface area (Å²) in [6.07, 6.45) is -0.685. The van der Waals surface area contributed by atoms with Gasteiger partial charge in [0, 0.05) is 10.9 Å². The molecule has 0 saturated heterocycles. The minimum absolute atomic E-state index is 0.0684. The summed E-state index contributed by atoms with van der Waals surface area (Å²) >= 11 is 0. The third-order valence-electron chi connectivity index (χ3n) is 7.17. The van der Waals surface area contributed by atoms with Gasteiger partial charge in [-0.05, 0) is 99.7 Å². The number of aromatic nitrogens is 1. The summed E-state index contributed by atoms with van der Waals surface area (Å²) in [6.45, 7) is 6.60. The molecule has 41 heavy (non-hydrogen) atoms. The Hall–Kier alpha value is -3.73. The number of nitrogens with zero attached hydrogens (tertiary/aromatic N) is 1. The molecule has 0 radical (unpaired) electrons. The molecule has 4 aromatic rings. The van der Waals surface area contributed by atoms with Crippen LogP contribution in [-0.2, 0) is 21.2 Å². The molecule has 8 nitrogen and oxygen atoms in total. The first kappa shape index (κ1) is 28.8. The van der Waals surface area contributed by atoms with E-state index in [0.29, 0.717) is 23.7 Å². The van der Waals surface area contributed by atoms with Crippen LogP contribution in [0.3, 0.4) is 0 Å². The number of halogens is 1. The van der Waals surface area contributed by atoms with Crippen molar-refractivity contribution in [3.8, 4) is 11.3 Å². The van der Waals surface area contributed by atoms with Crippen LogP contribution in [-0.4, -0.2) is 40.9 Å². The maximum absolute atomic E-state index is 14.8. The van der Waals surface area contributed by atoms with Crippen molar-refractivity contribution >= 4 is 27.0 Å². The zero-order valence-corrected chi connectivity index (χ0v) is 24.1. The monoisotopic (exact) mass is 580 g/mol. The third-order valence-corrected chi connectivity index (χ3v) is 8.91. The molecule has 1 aliphatic rings. The predicted octanol–water partition coefficient (Wildman–Crippen LogP) is 5.53. The number of ether oxygens (including phenoxy) is 1. The quantitative estimate of drug-likeness (QED) is 0.276. The first-order valence-electron chi connectivity index (χ1n) is 13.4. The molecule has 0 spiro atoms.